The molecular weight excluding hydrogens is 314 g/mol. The van der Waals surface area contributed by atoms with Gasteiger partial charge in [0.25, 0.3) is 0 Å². The Morgan fingerprint density at radius 1 is 1.22 bits per heavy atom. The number of halogens is 2. The van der Waals surface area contributed by atoms with Gasteiger partial charge in [0.05, 0.1) is 0 Å². The van der Waals surface area contributed by atoms with Gasteiger partial charge in [0.2, 0.25) is 0 Å². The molecule has 0 saturated carbocycles. The molecule has 0 amide bonds. The van der Waals surface area contributed by atoms with Gasteiger partial charge >= 0.3 is 0 Å². The molecule has 0 aliphatic heterocycles. The van der Waals surface area contributed by atoms with E-state index in [2.05, 4.69) is 15.9 Å². The molecule has 0 spiro atoms. The summed E-state index contributed by atoms with van der Waals surface area (Å²) in [5.41, 5.74) is 7.66. The highest BCUT2D eigenvalue weighted by Crippen LogP contribution is 2.23. The van der Waals surface area contributed by atoms with Gasteiger partial charge in [0, 0.05) is 27.2 Å². The number of carbonyl (C=O) groups is 1. The lowest BCUT2D eigenvalue weighted by molar-refractivity contribution is 0.0993. The number of hydrogen-bond donors (Lipinski definition) is 1. The molecule has 0 bridgehead atoms. The van der Waals surface area contributed by atoms with E-state index in [1.54, 1.807) is 30.3 Å². The van der Waals surface area contributed by atoms with Gasteiger partial charge in [0.1, 0.15) is 0 Å². The normalized spacial score (nSPS) is 10.3. The topological polar surface area (TPSA) is 43.1 Å². The Bertz CT molecular complexity index is 598. The minimum atomic E-state index is 0.00604. The van der Waals surface area contributed by atoms with E-state index >= 15 is 0 Å². The zero-order valence-corrected chi connectivity index (χ0v) is 11.8. The van der Waals surface area contributed by atoms with Crippen molar-refractivity contribution >= 4 is 39.0 Å². The molecule has 2 nitrogen and oxygen atoms in total. The molecule has 0 fully saturated rings. The van der Waals surface area contributed by atoms with Crippen LogP contribution in [0.15, 0.2) is 46.9 Å². The molecule has 0 aromatic heterocycles. The number of nitrogens with two attached hydrogens (primary N) is 1. The third-order valence-electron chi connectivity index (χ3n) is 2.57. The second-order valence-electron chi connectivity index (χ2n) is 3.96. The molecule has 0 aliphatic rings. The number of ketones is 1. The molecule has 2 aromatic carbocycles. The molecule has 0 radical (unpaired) electrons. The smallest absolute Gasteiger partial charge is 0.167 e. The van der Waals surface area contributed by atoms with E-state index in [9.17, 15) is 4.79 Å². The predicted molar refractivity (Wildman–Crippen MR) is 78.0 cm³/mol. The highest BCUT2D eigenvalue weighted by molar-refractivity contribution is 9.10. The number of nitrogen functional groups attached to an aromatic ring is 1. The Hall–Kier alpha value is -1.32. The Kier molecular flexibility index (Phi) is 4.04. The van der Waals surface area contributed by atoms with E-state index < -0.39 is 0 Å². The minimum Gasteiger partial charge on any atom is -0.399 e. The number of rotatable bonds is 3. The Morgan fingerprint density at radius 3 is 2.67 bits per heavy atom. The van der Waals surface area contributed by atoms with Gasteiger partial charge in [-0.3, -0.25) is 4.79 Å². The fourth-order valence-electron chi connectivity index (χ4n) is 1.65. The fourth-order valence-corrected chi connectivity index (χ4v) is 2.39. The summed E-state index contributed by atoms with van der Waals surface area (Å²) in [5.74, 6) is 0.00604. The summed E-state index contributed by atoms with van der Waals surface area (Å²) in [6, 6.07) is 12.4. The van der Waals surface area contributed by atoms with Crippen LogP contribution >= 0.6 is 27.5 Å². The van der Waals surface area contributed by atoms with Crippen molar-refractivity contribution in [3.63, 3.8) is 0 Å². The standard InChI is InChI=1S/C14H11BrClNO/c15-11-5-4-9(13(16)8-11)7-14(18)10-2-1-3-12(17)6-10/h1-6,8H,7,17H2. The second kappa shape index (κ2) is 5.55. The first-order valence-electron chi connectivity index (χ1n) is 5.39. The molecule has 0 heterocycles. The van der Waals surface area contributed by atoms with Crippen molar-refractivity contribution < 1.29 is 4.79 Å². The molecule has 4 heteroatoms. The van der Waals surface area contributed by atoms with E-state index in [0.29, 0.717) is 16.3 Å². The van der Waals surface area contributed by atoms with Crippen LogP contribution in [0.3, 0.4) is 0 Å². The molecule has 0 aliphatic carbocycles. The van der Waals surface area contributed by atoms with Crippen molar-refractivity contribution in [3.8, 4) is 0 Å². The van der Waals surface area contributed by atoms with E-state index in [4.69, 9.17) is 17.3 Å². The maximum atomic E-state index is 12.1. The second-order valence-corrected chi connectivity index (χ2v) is 5.28. The van der Waals surface area contributed by atoms with Crippen molar-refractivity contribution in [2.24, 2.45) is 0 Å². The predicted octanol–water partition coefficient (Wildman–Crippen LogP) is 4.11. The molecule has 2 N–H and O–H groups in total. The number of anilines is 1. The van der Waals surface area contributed by atoms with Gasteiger partial charge in [-0.1, -0.05) is 45.7 Å². The molecule has 92 valence electrons. The first-order chi connectivity index (χ1) is 8.56. The number of carbonyl (C=O) groups excluding carboxylic acids is 1. The summed E-state index contributed by atoms with van der Waals surface area (Å²) in [6.45, 7) is 0. The summed E-state index contributed by atoms with van der Waals surface area (Å²) in [6.07, 6.45) is 0.273. The van der Waals surface area contributed by atoms with Gasteiger partial charge in [-0.25, -0.2) is 0 Å². The van der Waals surface area contributed by atoms with Crippen molar-refractivity contribution in [2.75, 3.05) is 5.73 Å². The van der Waals surface area contributed by atoms with E-state index in [0.717, 1.165) is 10.0 Å². The van der Waals surface area contributed by atoms with Crippen LogP contribution in [0.1, 0.15) is 15.9 Å². The van der Waals surface area contributed by atoms with Crippen LogP contribution in [0.5, 0.6) is 0 Å². The first-order valence-corrected chi connectivity index (χ1v) is 6.56. The maximum absolute atomic E-state index is 12.1. The fraction of sp³-hybridized carbons (Fsp3) is 0.0714. The number of hydrogen-bond acceptors (Lipinski definition) is 2. The highest BCUT2D eigenvalue weighted by Gasteiger charge is 2.10. The van der Waals surface area contributed by atoms with Crippen LogP contribution in [-0.4, -0.2) is 5.78 Å². The van der Waals surface area contributed by atoms with Crippen LogP contribution in [0.4, 0.5) is 5.69 Å². The SMILES string of the molecule is Nc1cccc(C(=O)Cc2ccc(Br)cc2Cl)c1. The number of benzene rings is 2. The Morgan fingerprint density at radius 2 is 2.00 bits per heavy atom. The zero-order valence-electron chi connectivity index (χ0n) is 9.49. The molecule has 2 rings (SSSR count). The first kappa shape index (κ1) is 13.1. The van der Waals surface area contributed by atoms with Crippen LogP contribution in [0.2, 0.25) is 5.02 Å². The molecular formula is C14H11BrClNO. The maximum Gasteiger partial charge on any atom is 0.167 e. The van der Waals surface area contributed by atoms with Crippen LogP contribution in [0, 0.1) is 0 Å². The van der Waals surface area contributed by atoms with Gasteiger partial charge in [-0.05, 0) is 29.8 Å². The van der Waals surface area contributed by atoms with E-state index in [1.807, 2.05) is 12.1 Å². The van der Waals surface area contributed by atoms with Crippen LogP contribution in [-0.2, 0) is 6.42 Å². The van der Waals surface area contributed by atoms with Gasteiger partial charge in [-0.15, -0.1) is 0 Å². The largest absolute Gasteiger partial charge is 0.399 e. The minimum absolute atomic E-state index is 0.00604. The third-order valence-corrected chi connectivity index (χ3v) is 3.42. The molecule has 0 atom stereocenters. The van der Waals surface area contributed by atoms with Crippen molar-refractivity contribution in [3.05, 3.63) is 63.1 Å². The average molecular weight is 325 g/mol. The summed E-state index contributed by atoms with van der Waals surface area (Å²) in [7, 11) is 0. The summed E-state index contributed by atoms with van der Waals surface area (Å²) < 4.78 is 0.896. The van der Waals surface area contributed by atoms with Crippen LogP contribution in [0.25, 0.3) is 0 Å². The van der Waals surface area contributed by atoms with Crippen molar-refractivity contribution in [2.45, 2.75) is 6.42 Å². The molecule has 2 aromatic rings. The summed E-state index contributed by atoms with van der Waals surface area (Å²) in [5, 5.41) is 0.585. The quantitative estimate of drug-likeness (QED) is 0.682. The lowest BCUT2D eigenvalue weighted by Gasteiger charge is -2.05. The number of Topliss-reactive ketones (excluding diaryl/α,β-unsaturated/α-hetero) is 1. The van der Waals surface area contributed by atoms with E-state index in [-0.39, 0.29) is 12.2 Å². The highest BCUT2D eigenvalue weighted by atomic mass is 79.9. The third kappa shape index (κ3) is 3.12. The van der Waals surface area contributed by atoms with Gasteiger partial charge < -0.3 is 5.73 Å². The van der Waals surface area contributed by atoms with Crippen molar-refractivity contribution in [1.82, 2.24) is 0 Å². The Balaban J connectivity index is 2.21. The average Bonchev–Trinajstić information content (AvgIpc) is 2.32. The summed E-state index contributed by atoms with van der Waals surface area (Å²) in [4.78, 5) is 12.1. The monoisotopic (exact) mass is 323 g/mol. The molecule has 0 saturated heterocycles. The Labute approximate surface area is 119 Å². The summed E-state index contributed by atoms with van der Waals surface area (Å²) >= 11 is 9.42. The lowest BCUT2D eigenvalue weighted by Crippen LogP contribution is -2.04. The molecule has 0 unspecified atom stereocenters. The van der Waals surface area contributed by atoms with Gasteiger partial charge in [-0.2, -0.15) is 0 Å². The van der Waals surface area contributed by atoms with E-state index in [1.165, 1.54) is 0 Å². The van der Waals surface area contributed by atoms with Crippen molar-refractivity contribution in [1.29, 1.82) is 0 Å². The van der Waals surface area contributed by atoms with Gasteiger partial charge in [0.15, 0.2) is 5.78 Å². The zero-order chi connectivity index (χ0) is 13.1. The van der Waals surface area contributed by atoms with Crippen LogP contribution < -0.4 is 5.73 Å². The molecule has 18 heavy (non-hydrogen) atoms. The lowest BCUT2D eigenvalue weighted by atomic mass is 10.0.